The van der Waals surface area contributed by atoms with Crippen LogP contribution in [-0.4, -0.2) is 6.04 Å². The van der Waals surface area contributed by atoms with Crippen molar-refractivity contribution in [3.63, 3.8) is 0 Å². The fraction of sp³-hybridized carbons (Fsp3) is 0.156. The van der Waals surface area contributed by atoms with Gasteiger partial charge < -0.3 is 9.80 Å². The number of allylic oxidation sites excluding steroid dienone is 11. The van der Waals surface area contributed by atoms with Gasteiger partial charge in [0.05, 0.1) is 6.04 Å². The van der Waals surface area contributed by atoms with Gasteiger partial charge in [0.1, 0.15) is 0 Å². The lowest BCUT2D eigenvalue weighted by Gasteiger charge is -2.44. The Kier molecular flexibility index (Phi) is 11.0. The zero-order valence-corrected chi connectivity index (χ0v) is 38.4. The molecule has 0 saturated heterocycles. The molecule has 0 heterocycles. The number of benzene rings is 6. The smallest absolute Gasteiger partial charge is 0.0557 e. The summed E-state index contributed by atoms with van der Waals surface area (Å²) < 4.78 is 0. The summed E-state index contributed by atoms with van der Waals surface area (Å²) >= 11 is 0. The Morgan fingerprint density at radius 3 is 1.73 bits per heavy atom. The first kappa shape index (κ1) is 41.3. The Hall–Kier alpha value is -7.42. The van der Waals surface area contributed by atoms with E-state index in [0.29, 0.717) is 0 Å². The minimum Gasteiger partial charge on any atom is -0.336 e. The highest BCUT2D eigenvalue weighted by Crippen LogP contribution is 2.48. The maximum atomic E-state index is 2.72. The van der Waals surface area contributed by atoms with Crippen molar-refractivity contribution >= 4 is 50.3 Å². The summed E-state index contributed by atoms with van der Waals surface area (Å²) in [5, 5.41) is 7.82. The van der Waals surface area contributed by atoms with Crippen LogP contribution in [0.5, 0.6) is 0 Å². The van der Waals surface area contributed by atoms with E-state index < -0.39 is 0 Å². The Balaban J connectivity index is 1.21. The second-order valence-electron chi connectivity index (χ2n) is 18.5. The SMILES string of the molecule is CC1=CCC(N(C2=c3ccccc3=C(C3=c4ccccc4=C(N(/C=C/C=C(/C)c4ccccc4)c4ccc(C)cc4)C4C=CC=CC34)C3C=CC=CC23)c2ccc(C)c3ccccc23)C=C1. The number of anilines is 2. The molecule has 0 amide bonds. The summed E-state index contributed by atoms with van der Waals surface area (Å²) in [6.07, 6.45) is 33.9. The quantitative estimate of drug-likeness (QED) is 0.134. The second kappa shape index (κ2) is 17.5. The minimum atomic E-state index is 0.0921. The zero-order chi connectivity index (χ0) is 44.7. The lowest BCUT2D eigenvalue weighted by molar-refractivity contribution is 0.627. The molecule has 0 fully saturated rings. The summed E-state index contributed by atoms with van der Waals surface area (Å²) in [7, 11) is 0. The molecule has 5 unspecified atom stereocenters. The van der Waals surface area contributed by atoms with Crippen LogP contribution in [0.1, 0.15) is 37.0 Å². The zero-order valence-electron chi connectivity index (χ0n) is 38.4. The van der Waals surface area contributed by atoms with Gasteiger partial charge in [0.25, 0.3) is 0 Å². The molecule has 66 heavy (non-hydrogen) atoms. The molecular formula is C64H56N2. The molecule has 0 radical (unpaired) electrons. The molecule has 2 nitrogen and oxygen atoms in total. The number of hydrogen-bond acceptors (Lipinski definition) is 2. The monoisotopic (exact) mass is 852 g/mol. The third-order valence-electron chi connectivity index (χ3n) is 14.5. The van der Waals surface area contributed by atoms with Gasteiger partial charge in [-0.25, -0.2) is 0 Å². The predicted molar refractivity (Wildman–Crippen MR) is 281 cm³/mol. The van der Waals surface area contributed by atoms with Crippen LogP contribution in [-0.2, 0) is 0 Å². The molecule has 0 N–H and O–H groups in total. The van der Waals surface area contributed by atoms with Crippen molar-refractivity contribution in [3.8, 4) is 0 Å². The van der Waals surface area contributed by atoms with E-state index in [1.54, 1.807) is 0 Å². The third-order valence-corrected chi connectivity index (χ3v) is 14.5. The Labute approximate surface area is 390 Å². The second-order valence-corrected chi connectivity index (χ2v) is 18.5. The molecule has 6 aromatic rings. The molecule has 322 valence electrons. The van der Waals surface area contributed by atoms with E-state index in [1.165, 1.54) is 87.7 Å². The lowest BCUT2D eigenvalue weighted by Crippen LogP contribution is -2.50. The minimum absolute atomic E-state index is 0.0921. The first-order valence-corrected chi connectivity index (χ1v) is 23.7. The third kappa shape index (κ3) is 7.31. The van der Waals surface area contributed by atoms with Crippen molar-refractivity contribution < 1.29 is 0 Å². The Bertz CT molecular complexity index is 3400. The number of nitrogens with zero attached hydrogens (tertiary/aromatic N) is 2. The molecule has 0 saturated carbocycles. The van der Waals surface area contributed by atoms with Crippen molar-refractivity contribution in [2.24, 2.45) is 23.7 Å². The molecule has 2 heteroatoms. The van der Waals surface area contributed by atoms with Gasteiger partial charge in [0.15, 0.2) is 0 Å². The summed E-state index contributed by atoms with van der Waals surface area (Å²) in [6, 6.07) is 52.1. The highest BCUT2D eigenvalue weighted by atomic mass is 15.2. The standard InChI is InChI=1S/C64H56N2/c1-43-32-37-48(38-33-43)65(42-18-19-45(3)47-20-6-5-7-21-47)63-56-28-14-10-24-52(56)61(53-25-11-15-29-57(53)63)62-54-26-12-16-30-58(54)64(59-31-17-13-27-55(59)62)66(49-39-34-44(2)35-40-49)60-41-36-46(4)50-22-8-9-23-51(50)60/h5-39,41-42,49,52,54,56,58H,40H2,1-4H3/b42-18+,45-19-. The maximum absolute atomic E-state index is 2.72. The number of aryl methyl sites for hydroxylation is 2. The van der Waals surface area contributed by atoms with Gasteiger partial charge in [-0.2, -0.15) is 0 Å². The number of fused-ring (bicyclic) bond motifs is 5. The number of hydrogen-bond donors (Lipinski definition) is 0. The van der Waals surface area contributed by atoms with Crippen LogP contribution in [0.3, 0.4) is 0 Å². The fourth-order valence-electron chi connectivity index (χ4n) is 11.2. The summed E-state index contributed by atoms with van der Waals surface area (Å²) in [6.45, 7) is 8.82. The fourth-order valence-corrected chi connectivity index (χ4v) is 11.2. The predicted octanol–water partition coefficient (Wildman–Crippen LogP) is 12.3. The van der Waals surface area contributed by atoms with E-state index in [1.807, 2.05) is 0 Å². The largest absolute Gasteiger partial charge is 0.336 e. The number of rotatable bonds is 9. The first-order chi connectivity index (χ1) is 32.4. The highest BCUT2D eigenvalue weighted by molar-refractivity contribution is 6.02. The first-order valence-electron chi connectivity index (χ1n) is 23.7. The van der Waals surface area contributed by atoms with E-state index in [-0.39, 0.29) is 29.7 Å². The van der Waals surface area contributed by atoms with Crippen LogP contribution in [0.15, 0.2) is 230 Å². The summed E-state index contributed by atoms with van der Waals surface area (Å²) in [5.74, 6) is 0.430. The van der Waals surface area contributed by atoms with Crippen LogP contribution in [0.2, 0.25) is 0 Å². The normalized spacial score (nSPS) is 21.7. The molecule has 0 bridgehead atoms. The van der Waals surface area contributed by atoms with Crippen molar-refractivity contribution in [2.75, 3.05) is 9.80 Å². The van der Waals surface area contributed by atoms with Gasteiger partial charge in [0, 0.05) is 68.5 Å². The Morgan fingerprint density at radius 2 is 1.09 bits per heavy atom. The van der Waals surface area contributed by atoms with Gasteiger partial charge in [0.2, 0.25) is 0 Å². The van der Waals surface area contributed by atoms with Crippen molar-refractivity contribution in [2.45, 2.75) is 40.2 Å². The van der Waals surface area contributed by atoms with Gasteiger partial charge >= 0.3 is 0 Å². The van der Waals surface area contributed by atoms with Crippen LogP contribution in [0, 0.1) is 37.5 Å². The topological polar surface area (TPSA) is 6.48 Å². The van der Waals surface area contributed by atoms with Crippen LogP contribution in [0.25, 0.3) is 38.9 Å². The van der Waals surface area contributed by atoms with Crippen molar-refractivity contribution in [1.29, 1.82) is 0 Å². The van der Waals surface area contributed by atoms with Crippen LogP contribution < -0.4 is 30.7 Å². The average Bonchev–Trinajstić information content (AvgIpc) is 3.36. The molecule has 5 aliphatic rings. The molecule has 0 aromatic heterocycles. The van der Waals surface area contributed by atoms with Crippen LogP contribution in [0.4, 0.5) is 11.4 Å². The van der Waals surface area contributed by atoms with Gasteiger partial charge in [-0.05, 0) is 102 Å². The molecular weight excluding hydrogens is 797 g/mol. The van der Waals surface area contributed by atoms with E-state index in [2.05, 4.69) is 262 Å². The van der Waals surface area contributed by atoms with Crippen LogP contribution >= 0.6 is 0 Å². The van der Waals surface area contributed by atoms with Crippen molar-refractivity contribution in [3.05, 3.63) is 268 Å². The molecule has 5 aliphatic carbocycles. The molecule has 0 spiro atoms. The van der Waals surface area contributed by atoms with Gasteiger partial charge in [-0.15, -0.1) is 0 Å². The maximum Gasteiger partial charge on any atom is 0.0557 e. The summed E-state index contributed by atoms with van der Waals surface area (Å²) in [5.41, 5.74) is 14.3. The molecule has 5 atom stereocenters. The van der Waals surface area contributed by atoms with Crippen molar-refractivity contribution in [1.82, 2.24) is 0 Å². The molecule has 0 aliphatic heterocycles. The Morgan fingerprint density at radius 1 is 0.530 bits per heavy atom. The molecule has 11 rings (SSSR count). The van der Waals surface area contributed by atoms with Gasteiger partial charge in [-0.3, -0.25) is 0 Å². The molecule has 6 aromatic carbocycles. The van der Waals surface area contributed by atoms with Gasteiger partial charge in [-0.1, -0.05) is 205 Å². The highest BCUT2D eigenvalue weighted by Gasteiger charge is 2.41. The lowest BCUT2D eigenvalue weighted by atomic mass is 9.66. The van der Waals surface area contributed by atoms with E-state index in [9.17, 15) is 0 Å². The van der Waals surface area contributed by atoms with E-state index in [4.69, 9.17) is 0 Å². The van der Waals surface area contributed by atoms with E-state index in [0.717, 1.165) is 12.1 Å². The summed E-state index contributed by atoms with van der Waals surface area (Å²) in [4.78, 5) is 5.18. The average molecular weight is 853 g/mol. The van der Waals surface area contributed by atoms with E-state index >= 15 is 0 Å².